The zero-order chi connectivity index (χ0) is 20.4. The molecule has 1 aliphatic rings. The maximum atomic E-state index is 10.2. The SMILES string of the molecule is CC(C)c1cnn2c(NCc3ccn(C)n3)cc(NCC3CCNC[C@@H]3O)nc12. The summed E-state index contributed by atoms with van der Waals surface area (Å²) in [7, 11) is 1.91. The van der Waals surface area contributed by atoms with Crippen LogP contribution in [0.2, 0.25) is 0 Å². The molecular weight excluding hydrogens is 368 g/mol. The van der Waals surface area contributed by atoms with E-state index in [1.54, 1.807) is 4.68 Å². The molecule has 0 aliphatic carbocycles. The third kappa shape index (κ3) is 4.35. The molecule has 156 valence electrons. The van der Waals surface area contributed by atoms with Crippen molar-refractivity contribution in [3.05, 3.63) is 35.8 Å². The lowest BCUT2D eigenvalue weighted by molar-refractivity contribution is 0.0883. The fourth-order valence-electron chi connectivity index (χ4n) is 3.71. The number of hydrogen-bond acceptors (Lipinski definition) is 7. The normalized spacial score (nSPS) is 19.8. The number of aliphatic hydroxyl groups is 1. The van der Waals surface area contributed by atoms with Gasteiger partial charge in [-0.1, -0.05) is 13.8 Å². The molecule has 1 fully saturated rings. The van der Waals surface area contributed by atoms with Crippen LogP contribution in [0.5, 0.6) is 0 Å². The molecule has 1 saturated heterocycles. The lowest BCUT2D eigenvalue weighted by Crippen LogP contribution is -2.43. The fraction of sp³-hybridized carbons (Fsp3) is 0.550. The molecule has 3 aromatic heterocycles. The van der Waals surface area contributed by atoms with Gasteiger partial charge in [-0.2, -0.15) is 14.7 Å². The van der Waals surface area contributed by atoms with Crippen LogP contribution in [0, 0.1) is 5.92 Å². The second kappa shape index (κ2) is 8.38. The van der Waals surface area contributed by atoms with E-state index in [-0.39, 0.29) is 12.0 Å². The number of aromatic nitrogens is 5. The van der Waals surface area contributed by atoms with E-state index in [9.17, 15) is 5.11 Å². The van der Waals surface area contributed by atoms with Crippen molar-refractivity contribution in [2.45, 2.75) is 38.8 Å². The summed E-state index contributed by atoms with van der Waals surface area (Å²) in [5.41, 5.74) is 2.91. The monoisotopic (exact) mass is 398 g/mol. The summed E-state index contributed by atoms with van der Waals surface area (Å²) < 4.78 is 3.64. The van der Waals surface area contributed by atoms with Crippen LogP contribution >= 0.6 is 0 Å². The van der Waals surface area contributed by atoms with Crippen LogP contribution in [-0.4, -0.2) is 55.2 Å². The Hall–Kier alpha value is -2.65. The molecular formula is C20H30N8O. The van der Waals surface area contributed by atoms with E-state index in [1.807, 2.05) is 36.1 Å². The number of aryl methyl sites for hydroxylation is 1. The van der Waals surface area contributed by atoms with Crippen LogP contribution in [0.15, 0.2) is 24.5 Å². The number of rotatable bonds is 7. The minimum atomic E-state index is -0.331. The van der Waals surface area contributed by atoms with E-state index >= 15 is 0 Å². The van der Waals surface area contributed by atoms with Gasteiger partial charge in [-0.05, 0) is 24.9 Å². The number of anilines is 2. The van der Waals surface area contributed by atoms with Crippen molar-refractivity contribution >= 4 is 17.3 Å². The van der Waals surface area contributed by atoms with Crippen LogP contribution in [0.1, 0.15) is 37.4 Å². The van der Waals surface area contributed by atoms with Crippen molar-refractivity contribution in [3.63, 3.8) is 0 Å². The van der Waals surface area contributed by atoms with Gasteiger partial charge in [0.15, 0.2) is 5.65 Å². The van der Waals surface area contributed by atoms with Crippen LogP contribution in [-0.2, 0) is 13.6 Å². The zero-order valence-electron chi connectivity index (χ0n) is 17.3. The van der Waals surface area contributed by atoms with Crippen molar-refractivity contribution < 1.29 is 5.11 Å². The first-order valence-electron chi connectivity index (χ1n) is 10.2. The number of nitrogens with one attached hydrogen (secondary N) is 3. The average molecular weight is 399 g/mol. The summed E-state index contributed by atoms with van der Waals surface area (Å²) in [5.74, 6) is 2.19. The van der Waals surface area contributed by atoms with Gasteiger partial charge in [-0.15, -0.1) is 0 Å². The number of fused-ring (bicyclic) bond motifs is 1. The van der Waals surface area contributed by atoms with Crippen LogP contribution in [0.25, 0.3) is 5.65 Å². The van der Waals surface area contributed by atoms with E-state index in [0.717, 1.165) is 41.5 Å². The highest BCUT2D eigenvalue weighted by Gasteiger charge is 2.23. The van der Waals surface area contributed by atoms with Crippen molar-refractivity contribution in [1.29, 1.82) is 0 Å². The van der Waals surface area contributed by atoms with E-state index in [0.29, 0.717) is 25.6 Å². The highest BCUT2D eigenvalue weighted by molar-refractivity contribution is 5.61. The largest absolute Gasteiger partial charge is 0.391 e. The molecule has 0 aromatic carbocycles. The van der Waals surface area contributed by atoms with Crippen LogP contribution in [0.4, 0.5) is 11.6 Å². The molecule has 9 heteroatoms. The highest BCUT2D eigenvalue weighted by Crippen LogP contribution is 2.25. The first-order valence-corrected chi connectivity index (χ1v) is 10.2. The van der Waals surface area contributed by atoms with Crippen LogP contribution < -0.4 is 16.0 Å². The second-order valence-corrected chi connectivity index (χ2v) is 8.05. The van der Waals surface area contributed by atoms with E-state index in [2.05, 4.69) is 40.0 Å². The smallest absolute Gasteiger partial charge is 0.163 e. The van der Waals surface area contributed by atoms with E-state index < -0.39 is 0 Å². The Bertz CT molecular complexity index is 963. The fourth-order valence-corrected chi connectivity index (χ4v) is 3.71. The maximum absolute atomic E-state index is 10.2. The van der Waals surface area contributed by atoms with Gasteiger partial charge < -0.3 is 21.1 Å². The number of aliphatic hydroxyl groups excluding tert-OH is 1. The van der Waals surface area contributed by atoms with Crippen molar-refractivity contribution in [2.75, 3.05) is 30.3 Å². The molecule has 0 bridgehead atoms. The Morgan fingerprint density at radius 2 is 2.21 bits per heavy atom. The van der Waals surface area contributed by atoms with E-state index in [1.165, 1.54) is 0 Å². The molecule has 0 spiro atoms. The van der Waals surface area contributed by atoms with Crippen molar-refractivity contribution in [1.82, 2.24) is 29.7 Å². The summed E-state index contributed by atoms with van der Waals surface area (Å²) in [6.45, 7) is 7.17. The Balaban J connectivity index is 1.58. The Kier molecular flexibility index (Phi) is 5.68. The van der Waals surface area contributed by atoms with Crippen molar-refractivity contribution in [3.8, 4) is 0 Å². The van der Waals surface area contributed by atoms with Gasteiger partial charge in [0, 0.05) is 43.9 Å². The van der Waals surface area contributed by atoms with Gasteiger partial charge in [0.2, 0.25) is 0 Å². The van der Waals surface area contributed by atoms with E-state index in [4.69, 9.17) is 4.98 Å². The van der Waals surface area contributed by atoms with Gasteiger partial charge in [0.25, 0.3) is 0 Å². The lowest BCUT2D eigenvalue weighted by atomic mass is 9.95. The molecule has 0 radical (unpaired) electrons. The predicted molar refractivity (Wildman–Crippen MR) is 113 cm³/mol. The molecule has 4 rings (SSSR count). The number of nitrogens with zero attached hydrogens (tertiary/aromatic N) is 5. The Morgan fingerprint density at radius 1 is 1.34 bits per heavy atom. The summed E-state index contributed by atoms with van der Waals surface area (Å²) in [4.78, 5) is 4.82. The molecule has 1 unspecified atom stereocenters. The predicted octanol–water partition coefficient (Wildman–Crippen LogP) is 1.58. The molecule has 1 aliphatic heterocycles. The molecule has 3 aromatic rings. The minimum absolute atomic E-state index is 0.216. The van der Waals surface area contributed by atoms with Gasteiger partial charge in [-0.25, -0.2) is 4.98 Å². The standard InChI is InChI=1S/C20H30N8O/c1-13(2)16-11-24-28-19(23-10-15-5-7-27(3)26-15)8-18(25-20(16)28)22-9-14-4-6-21-12-17(14)29/h5,7-8,11,13-14,17,21,23,29H,4,6,9-10,12H2,1-3H3,(H,22,25)/t14?,17-/m0/s1. The van der Waals surface area contributed by atoms with Gasteiger partial charge in [0.1, 0.15) is 11.6 Å². The average Bonchev–Trinajstić information content (AvgIpc) is 3.31. The van der Waals surface area contributed by atoms with Crippen LogP contribution in [0.3, 0.4) is 0 Å². The summed E-state index contributed by atoms with van der Waals surface area (Å²) in [6, 6.07) is 3.96. The first-order chi connectivity index (χ1) is 14.0. The molecule has 9 nitrogen and oxygen atoms in total. The quantitative estimate of drug-likeness (QED) is 0.479. The molecule has 0 amide bonds. The third-order valence-corrected chi connectivity index (χ3v) is 5.48. The summed E-state index contributed by atoms with van der Waals surface area (Å²) >= 11 is 0. The topological polar surface area (TPSA) is 104 Å². The Morgan fingerprint density at radius 3 is 2.93 bits per heavy atom. The summed E-state index contributed by atoms with van der Waals surface area (Å²) in [5, 5.41) is 29.3. The molecule has 0 saturated carbocycles. The number of hydrogen-bond donors (Lipinski definition) is 4. The minimum Gasteiger partial charge on any atom is -0.391 e. The molecule has 4 heterocycles. The first kappa shape index (κ1) is 19.7. The number of piperidine rings is 1. The molecule has 2 atom stereocenters. The molecule has 4 N–H and O–H groups in total. The van der Waals surface area contributed by atoms with Gasteiger partial charge in [0.05, 0.1) is 24.5 Å². The highest BCUT2D eigenvalue weighted by atomic mass is 16.3. The van der Waals surface area contributed by atoms with Crippen molar-refractivity contribution in [2.24, 2.45) is 13.0 Å². The van der Waals surface area contributed by atoms with Gasteiger partial charge >= 0.3 is 0 Å². The second-order valence-electron chi connectivity index (χ2n) is 8.05. The maximum Gasteiger partial charge on any atom is 0.163 e. The Labute approximate surface area is 170 Å². The summed E-state index contributed by atoms with van der Waals surface area (Å²) in [6.07, 6.45) is 4.44. The lowest BCUT2D eigenvalue weighted by Gasteiger charge is -2.28. The number of β-amino-alcohol motifs (C(OH)–C–C–N with tert-alkyl or cyclic N) is 1. The zero-order valence-corrected chi connectivity index (χ0v) is 17.3. The molecule has 29 heavy (non-hydrogen) atoms. The van der Waals surface area contributed by atoms with Gasteiger partial charge in [-0.3, -0.25) is 4.68 Å². The third-order valence-electron chi connectivity index (χ3n) is 5.48.